The van der Waals surface area contributed by atoms with Crippen LogP contribution in [0.15, 0.2) is 51.1 Å². The van der Waals surface area contributed by atoms with Gasteiger partial charge in [-0.05, 0) is 35.4 Å². The van der Waals surface area contributed by atoms with E-state index in [9.17, 15) is 0 Å². The molecule has 8 heteroatoms. The van der Waals surface area contributed by atoms with Gasteiger partial charge in [-0.25, -0.2) is 0 Å². The topological polar surface area (TPSA) is 35.0 Å². The van der Waals surface area contributed by atoms with Crippen LogP contribution in [0, 0.1) is 0 Å². The molecule has 1 heterocycles. The van der Waals surface area contributed by atoms with Crippen molar-refractivity contribution in [1.82, 2.24) is 10.2 Å². The van der Waals surface area contributed by atoms with E-state index in [1.165, 1.54) is 5.56 Å². The zero-order chi connectivity index (χ0) is 17.6. The van der Waals surface area contributed by atoms with Gasteiger partial charge in [0.15, 0.2) is 8.68 Å². The SMILES string of the molecule is COc1ccc(CSc2nnc(SCc3ccc(Cl)cc3Cl)s2)cc1. The summed E-state index contributed by atoms with van der Waals surface area (Å²) in [7, 11) is 1.67. The summed E-state index contributed by atoms with van der Waals surface area (Å²) in [6, 6.07) is 13.6. The second-order valence-electron chi connectivity index (χ2n) is 5.00. The molecule has 0 aliphatic carbocycles. The van der Waals surface area contributed by atoms with Crippen LogP contribution in [0.4, 0.5) is 0 Å². The van der Waals surface area contributed by atoms with Crippen molar-refractivity contribution in [1.29, 1.82) is 0 Å². The standard InChI is InChI=1S/C17H14Cl2N2OS3/c1-22-14-6-2-11(3-7-14)9-23-16-20-21-17(25-16)24-10-12-4-5-13(18)8-15(12)19/h2-8H,9-10H2,1H3. The molecule has 0 N–H and O–H groups in total. The third-order valence-corrected chi connectivity index (χ3v) is 7.17. The van der Waals surface area contributed by atoms with Gasteiger partial charge in [-0.2, -0.15) is 0 Å². The summed E-state index contributed by atoms with van der Waals surface area (Å²) in [4.78, 5) is 0. The Morgan fingerprint density at radius 3 is 2.28 bits per heavy atom. The van der Waals surface area contributed by atoms with Crippen molar-refractivity contribution >= 4 is 58.1 Å². The fraction of sp³-hybridized carbons (Fsp3) is 0.176. The molecular weight excluding hydrogens is 415 g/mol. The number of rotatable bonds is 7. The maximum atomic E-state index is 6.20. The smallest absolute Gasteiger partial charge is 0.175 e. The van der Waals surface area contributed by atoms with Crippen molar-refractivity contribution in [3.63, 3.8) is 0 Å². The molecule has 0 amide bonds. The fourth-order valence-corrected chi connectivity index (χ4v) is 5.49. The second-order valence-corrected chi connectivity index (χ2v) is 9.26. The first-order chi connectivity index (χ1) is 12.1. The predicted octanol–water partition coefficient (Wildman–Crippen LogP) is 6.44. The van der Waals surface area contributed by atoms with Gasteiger partial charge in [-0.1, -0.05) is 76.3 Å². The Balaban J connectivity index is 1.53. The number of benzene rings is 2. The zero-order valence-electron chi connectivity index (χ0n) is 13.2. The molecular formula is C17H14Cl2N2OS3. The summed E-state index contributed by atoms with van der Waals surface area (Å²) in [5.74, 6) is 2.46. The maximum Gasteiger partial charge on any atom is 0.175 e. The van der Waals surface area contributed by atoms with Crippen molar-refractivity contribution < 1.29 is 4.74 Å². The van der Waals surface area contributed by atoms with Crippen LogP contribution in [-0.4, -0.2) is 17.3 Å². The lowest BCUT2D eigenvalue weighted by atomic mass is 10.2. The van der Waals surface area contributed by atoms with Crippen molar-refractivity contribution in [3.05, 3.63) is 63.6 Å². The molecule has 0 radical (unpaired) electrons. The maximum absolute atomic E-state index is 6.20. The molecule has 0 bridgehead atoms. The van der Waals surface area contributed by atoms with Crippen molar-refractivity contribution in [2.75, 3.05) is 7.11 Å². The number of hydrogen-bond acceptors (Lipinski definition) is 6. The monoisotopic (exact) mass is 428 g/mol. The summed E-state index contributed by atoms with van der Waals surface area (Å²) < 4.78 is 7.06. The minimum atomic E-state index is 0.645. The highest BCUT2D eigenvalue weighted by molar-refractivity contribution is 8.02. The number of hydrogen-bond donors (Lipinski definition) is 0. The van der Waals surface area contributed by atoms with Gasteiger partial charge in [0.2, 0.25) is 0 Å². The van der Waals surface area contributed by atoms with Crippen molar-refractivity contribution in [2.45, 2.75) is 20.2 Å². The Bertz CT molecular complexity index is 840. The first kappa shape index (κ1) is 18.9. The van der Waals surface area contributed by atoms with Crippen LogP contribution in [0.3, 0.4) is 0 Å². The zero-order valence-corrected chi connectivity index (χ0v) is 17.2. The summed E-state index contributed by atoms with van der Waals surface area (Å²) in [6.45, 7) is 0. The van der Waals surface area contributed by atoms with Crippen LogP contribution >= 0.6 is 58.1 Å². The van der Waals surface area contributed by atoms with E-state index in [0.29, 0.717) is 10.0 Å². The molecule has 0 spiro atoms. The lowest BCUT2D eigenvalue weighted by molar-refractivity contribution is 0.414. The van der Waals surface area contributed by atoms with Crippen molar-refractivity contribution in [3.8, 4) is 5.75 Å². The molecule has 0 saturated heterocycles. The first-order valence-electron chi connectivity index (χ1n) is 7.30. The molecule has 0 saturated carbocycles. The highest BCUT2D eigenvalue weighted by atomic mass is 35.5. The van der Waals surface area contributed by atoms with Crippen molar-refractivity contribution in [2.24, 2.45) is 0 Å². The minimum Gasteiger partial charge on any atom is -0.497 e. The number of aromatic nitrogens is 2. The van der Waals surface area contributed by atoms with E-state index in [4.69, 9.17) is 27.9 Å². The van der Waals surface area contributed by atoms with E-state index in [1.54, 1.807) is 48.0 Å². The second kappa shape index (κ2) is 9.14. The fourth-order valence-electron chi connectivity index (χ4n) is 1.96. The van der Waals surface area contributed by atoms with E-state index < -0.39 is 0 Å². The molecule has 3 aromatic rings. The van der Waals surface area contributed by atoms with E-state index in [0.717, 1.165) is 31.5 Å². The summed E-state index contributed by atoms with van der Waals surface area (Å²) in [5.41, 5.74) is 2.27. The highest BCUT2D eigenvalue weighted by Gasteiger charge is 2.08. The number of nitrogens with zero attached hydrogens (tertiary/aromatic N) is 2. The lowest BCUT2D eigenvalue weighted by Gasteiger charge is -2.02. The molecule has 0 unspecified atom stereocenters. The average molecular weight is 429 g/mol. The Morgan fingerprint density at radius 2 is 1.64 bits per heavy atom. The van der Waals surface area contributed by atoms with Crippen LogP contribution < -0.4 is 4.74 Å². The quantitative estimate of drug-likeness (QED) is 0.404. The van der Waals surface area contributed by atoms with Crippen LogP contribution in [0.1, 0.15) is 11.1 Å². The molecule has 1 aromatic heterocycles. The predicted molar refractivity (Wildman–Crippen MR) is 108 cm³/mol. The third-order valence-electron chi connectivity index (χ3n) is 3.28. The Morgan fingerprint density at radius 1 is 0.960 bits per heavy atom. The molecule has 25 heavy (non-hydrogen) atoms. The van der Waals surface area contributed by atoms with Gasteiger partial charge in [-0.15, -0.1) is 10.2 Å². The van der Waals surface area contributed by atoms with Gasteiger partial charge < -0.3 is 4.74 Å². The normalized spacial score (nSPS) is 10.8. The molecule has 0 fully saturated rings. The highest BCUT2D eigenvalue weighted by Crippen LogP contribution is 2.34. The number of methoxy groups -OCH3 is 1. The molecule has 2 aromatic carbocycles. The molecule has 0 aliphatic heterocycles. The first-order valence-corrected chi connectivity index (χ1v) is 10.8. The average Bonchev–Trinajstić information content (AvgIpc) is 3.07. The Hall–Kier alpha value is -0.920. The van der Waals surface area contributed by atoms with Gasteiger partial charge in [0.1, 0.15) is 5.75 Å². The van der Waals surface area contributed by atoms with Crippen LogP contribution in [0.5, 0.6) is 5.75 Å². The van der Waals surface area contributed by atoms with Crippen LogP contribution in [-0.2, 0) is 11.5 Å². The molecule has 130 valence electrons. The van der Waals surface area contributed by atoms with Gasteiger partial charge in [0, 0.05) is 21.6 Å². The van der Waals surface area contributed by atoms with Gasteiger partial charge >= 0.3 is 0 Å². The van der Waals surface area contributed by atoms with Crippen LogP contribution in [0.2, 0.25) is 10.0 Å². The minimum absolute atomic E-state index is 0.645. The molecule has 0 atom stereocenters. The van der Waals surface area contributed by atoms with E-state index in [-0.39, 0.29) is 0 Å². The summed E-state index contributed by atoms with van der Waals surface area (Å²) in [5, 5.41) is 9.81. The summed E-state index contributed by atoms with van der Waals surface area (Å²) >= 11 is 17.0. The van der Waals surface area contributed by atoms with Crippen LogP contribution in [0.25, 0.3) is 0 Å². The number of halogens is 2. The van der Waals surface area contributed by atoms with Gasteiger partial charge in [-0.3, -0.25) is 0 Å². The van der Waals surface area contributed by atoms with E-state index in [1.807, 2.05) is 24.3 Å². The van der Waals surface area contributed by atoms with E-state index >= 15 is 0 Å². The Labute approximate surface area is 169 Å². The molecule has 0 aliphatic rings. The number of thioether (sulfide) groups is 2. The Kier molecular flexibility index (Phi) is 6.90. The van der Waals surface area contributed by atoms with E-state index in [2.05, 4.69) is 22.3 Å². The molecule has 3 rings (SSSR count). The lowest BCUT2D eigenvalue weighted by Crippen LogP contribution is -1.84. The molecule has 3 nitrogen and oxygen atoms in total. The third kappa shape index (κ3) is 5.53. The number of ether oxygens (including phenoxy) is 1. The van der Waals surface area contributed by atoms with Gasteiger partial charge in [0.05, 0.1) is 7.11 Å². The largest absolute Gasteiger partial charge is 0.497 e. The van der Waals surface area contributed by atoms with Gasteiger partial charge in [0.25, 0.3) is 0 Å². The summed E-state index contributed by atoms with van der Waals surface area (Å²) in [6.07, 6.45) is 0.